The predicted octanol–water partition coefficient (Wildman–Crippen LogP) is 5.93. The summed E-state index contributed by atoms with van der Waals surface area (Å²) >= 11 is 1.63. The molecule has 1 N–H and O–H groups in total. The maximum Gasteiger partial charge on any atom is 0.228 e. The Morgan fingerprint density at radius 2 is 2.12 bits per heavy atom. The van der Waals surface area contributed by atoms with E-state index in [4.69, 9.17) is 0 Å². The van der Waals surface area contributed by atoms with Crippen molar-refractivity contribution < 1.29 is 4.79 Å². The van der Waals surface area contributed by atoms with E-state index < -0.39 is 0 Å². The summed E-state index contributed by atoms with van der Waals surface area (Å²) in [6, 6.07) is 2.36. The van der Waals surface area contributed by atoms with Crippen molar-refractivity contribution in [1.82, 2.24) is 0 Å². The van der Waals surface area contributed by atoms with Crippen molar-refractivity contribution in [3.63, 3.8) is 0 Å². The highest BCUT2D eigenvalue weighted by atomic mass is 32.1. The molecule has 0 spiro atoms. The number of nitriles is 1. The highest BCUT2D eigenvalue weighted by molar-refractivity contribution is 7.16. The number of hydrogen-bond donors (Lipinski definition) is 1. The van der Waals surface area contributed by atoms with Crippen molar-refractivity contribution in [2.45, 2.75) is 79.6 Å². The van der Waals surface area contributed by atoms with Crippen LogP contribution in [0.4, 0.5) is 5.00 Å². The Kier molecular flexibility index (Phi) is 6.68. The summed E-state index contributed by atoms with van der Waals surface area (Å²) in [6.07, 6.45) is 7.08. The minimum absolute atomic E-state index is 0.0490. The van der Waals surface area contributed by atoms with Crippen LogP contribution in [0.5, 0.6) is 0 Å². The van der Waals surface area contributed by atoms with Gasteiger partial charge in [-0.15, -0.1) is 11.3 Å². The van der Waals surface area contributed by atoms with Gasteiger partial charge in [0, 0.05) is 10.8 Å². The molecule has 2 atom stereocenters. The molecule has 0 aromatic carbocycles. The van der Waals surface area contributed by atoms with Crippen molar-refractivity contribution in [3.05, 3.63) is 16.0 Å². The Morgan fingerprint density at radius 3 is 2.68 bits per heavy atom. The Hall–Kier alpha value is -1.34. The van der Waals surface area contributed by atoms with Gasteiger partial charge in [-0.2, -0.15) is 5.26 Å². The molecule has 1 aromatic heterocycles. The number of anilines is 1. The first kappa shape index (κ1) is 20.0. The van der Waals surface area contributed by atoms with Gasteiger partial charge in [-0.05, 0) is 49.0 Å². The van der Waals surface area contributed by atoms with E-state index in [-0.39, 0.29) is 17.2 Å². The summed E-state index contributed by atoms with van der Waals surface area (Å²) in [5.74, 6) is 0.771. The molecule has 0 fully saturated rings. The van der Waals surface area contributed by atoms with Gasteiger partial charge < -0.3 is 5.32 Å². The summed E-state index contributed by atoms with van der Waals surface area (Å²) in [4.78, 5) is 13.9. The van der Waals surface area contributed by atoms with Crippen LogP contribution in [0.1, 0.15) is 82.7 Å². The van der Waals surface area contributed by atoms with Crippen LogP contribution in [0.3, 0.4) is 0 Å². The van der Waals surface area contributed by atoms with E-state index in [0.717, 1.165) is 49.9 Å². The standard InChI is InChI=1S/C21H32N2OS/c1-6-8-9-14(7-2)19(24)23-20-17(13-22)16-11-10-15(21(3,4)5)12-18(16)25-20/h14-15H,6-12H2,1-5H3,(H,23,24)/t14-,15+/m0/s1. The fraction of sp³-hybridized carbons (Fsp3) is 0.714. The van der Waals surface area contributed by atoms with E-state index in [0.29, 0.717) is 11.5 Å². The zero-order chi connectivity index (χ0) is 18.6. The van der Waals surface area contributed by atoms with Crippen molar-refractivity contribution in [2.75, 3.05) is 5.32 Å². The number of hydrogen-bond acceptors (Lipinski definition) is 3. The number of thiophene rings is 1. The van der Waals surface area contributed by atoms with E-state index in [1.54, 1.807) is 11.3 Å². The molecule has 1 amide bonds. The van der Waals surface area contributed by atoms with Crippen LogP contribution in [0.25, 0.3) is 0 Å². The van der Waals surface area contributed by atoms with Crippen LogP contribution in [0.2, 0.25) is 0 Å². The molecular weight excluding hydrogens is 328 g/mol. The van der Waals surface area contributed by atoms with Gasteiger partial charge >= 0.3 is 0 Å². The fourth-order valence-corrected chi connectivity index (χ4v) is 5.00. The van der Waals surface area contributed by atoms with Crippen LogP contribution in [-0.4, -0.2) is 5.91 Å². The number of fused-ring (bicyclic) bond motifs is 1. The lowest BCUT2D eigenvalue weighted by Crippen LogP contribution is -2.26. The summed E-state index contributed by atoms with van der Waals surface area (Å²) in [5.41, 5.74) is 2.18. The second kappa shape index (κ2) is 8.36. The van der Waals surface area contributed by atoms with Crippen LogP contribution >= 0.6 is 11.3 Å². The second-order valence-corrected chi connectivity index (χ2v) is 9.47. The Morgan fingerprint density at radius 1 is 1.40 bits per heavy atom. The summed E-state index contributed by atoms with van der Waals surface area (Å²) in [6.45, 7) is 11.1. The van der Waals surface area contributed by atoms with Crippen molar-refractivity contribution in [1.29, 1.82) is 5.26 Å². The molecule has 0 saturated carbocycles. The molecule has 0 unspecified atom stereocenters. The molecule has 0 saturated heterocycles. The topological polar surface area (TPSA) is 52.9 Å². The lowest BCUT2D eigenvalue weighted by atomic mass is 9.72. The number of amides is 1. The number of carbonyl (C=O) groups excluding carboxylic acids is 1. The number of nitrogens with zero attached hydrogens (tertiary/aromatic N) is 1. The van der Waals surface area contributed by atoms with Gasteiger partial charge in [0.1, 0.15) is 11.1 Å². The van der Waals surface area contributed by atoms with Gasteiger partial charge in [0.25, 0.3) is 0 Å². The Labute approximate surface area is 156 Å². The zero-order valence-corrected chi connectivity index (χ0v) is 17.2. The third kappa shape index (κ3) is 4.64. The van der Waals surface area contributed by atoms with E-state index in [9.17, 15) is 10.1 Å². The molecule has 0 bridgehead atoms. The third-order valence-electron chi connectivity index (χ3n) is 5.61. The van der Waals surface area contributed by atoms with Crippen molar-refractivity contribution in [2.24, 2.45) is 17.3 Å². The van der Waals surface area contributed by atoms with Crippen LogP contribution in [-0.2, 0) is 17.6 Å². The first-order chi connectivity index (χ1) is 11.8. The van der Waals surface area contributed by atoms with Crippen molar-refractivity contribution >= 4 is 22.2 Å². The molecule has 0 radical (unpaired) electrons. The average molecular weight is 361 g/mol. The normalized spacial score (nSPS) is 18.3. The minimum atomic E-state index is 0.0490. The van der Waals surface area contributed by atoms with Crippen molar-refractivity contribution in [3.8, 4) is 6.07 Å². The predicted molar refractivity (Wildman–Crippen MR) is 106 cm³/mol. The summed E-state index contributed by atoms with van der Waals surface area (Å²) in [7, 11) is 0. The molecule has 138 valence electrons. The molecule has 1 aliphatic carbocycles. The molecule has 4 heteroatoms. The quantitative estimate of drug-likeness (QED) is 0.684. The second-order valence-electron chi connectivity index (χ2n) is 8.36. The zero-order valence-electron chi connectivity index (χ0n) is 16.4. The largest absolute Gasteiger partial charge is 0.316 e. The lowest BCUT2D eigenvalue weighted by molar-refractivity contribution is -0.120. The highest BCUT2D eigenvalue weighted by Gasteiger charge is 2.32. The molecule has 1 heterocycles. The number of rotatable bonds is 6. The van der Waals surface area contributed by atoms with Crippen LogP contribution < -0.4 is 5.32 Å². The molecule has 0 aliphatic heterocycles. The molecular formula is C21H32N2OS. The summed E-state index contributed by atoms with van der Waals surface area (Å²) in [5, 5.41) is 13.5. The molecule has 3 nitrogen and oxygen atoms in total. The number of carbonyl (C=O) groups is 1. The van der Waals surface area contributed by atoms with E-state index in [1.165, 1.54) is 10.4 Å². The first-order valence-corrected chi connectivity index (χ1v) is 10.5. The minimum Gasteiger partial charge on any atom is -0.316 e. The average Bonchev–Trinajstić information content (AvgIpc) is 2.90. The first-order valence-electron chi connectivity index (χ1n) is 9.67. The SMILES string of the molecule is CCCC[C@H](CC)C(=O)Nc1sc2c(c1C#N)CC[C@@H](C(C)(C)C)C2. The maximum absolute atomic E-state index is 12.6. The Balaban J connectivity index is 2.19. The van der Waals surface area contributed by atoms with Gasteiger partial charge in [-0.1, -0.05) is 47.5 Å². The fourth-order valence-electron chi connectivity index (χ4n) is 3.72. The molecule has 25 heavy (non-hydrogen) atoms. The van der Waals surface area contributed by atoms with Crippen LogP contribution in [0, 0.1) is 28.6 Å². The molecule has 1 aliphatic rings. The van der Waals surface area contributed by atoms with Gasteiger partial charge in [-0.25, -0.2) is 0 Å². The van der Waals surface area contributed by atoms with Gasteiger partial charge in [-0.3, -0.25) is 4.79 Å². The molecule has 2 rings (SSSR count). The van der Waals surface area contributed by atoms with Gasteiger partial charge in [0.15, 0.2) is 0 Å². The monoisotopic (exact) mass is 360 g/mol. The van der Waals surface area contributed by atoms with E-state index in [2.05, 4.69) is 46.0 Å². The van der Waals surface area contributed by atoms with E-state index >= 15 is 0 Å². The van der Waals surface area contributed by atoms with Crippen LogP contribution in [0.15, 0.2) is 0 Å². The van der Waals surface area contributed by atoms with Gasteiger partial charge in [0.2, 0.25) is 5.91 Å². The lowest BCUT2D eigenvalue weighted by Gasteiger charge is -2.33. The highest BCUT2D eigenvalue weighted by Crippen LogP contribution is 2.44. The number of unbranched alkanes of at least 4 members (excludes halogenated alkanes) is 1. The Bertz CT molecular complexity index is 648. The van der Waals surface area contributed by atoms with E-state index in [1.807, 2.05) is 0 Å². The third-order valence-corrected chi connectivity index (χ3v) is 6.78. The van der Waals surface area contributed by atoms with Gasteiger partial charge in [0.05, 0.1) is 5.56 Å². The smallest absolute Gasteiger partial charge is 0.228 e. The molecule has 1 aromatic rings. The summed E-state index contributed by atoms with van der Waals surface area (Å²) < 4.78 is 0. The number of nitrogens with one attached hydrogen (secondary N) is 1. The maximum atomic E-state index is 12.6.